The number of nitrogens with one attached hydrogen (secondary N) is 1. The van der Waals surface area contributed by atoms with Crippen LogP contribution >= 0.6 is 24.0 Å². The van der Waals surface area contributed by atoms with Gasteiger partial charge in [-0.05, 0) is 25.0 Å². The van der Waals surface area contributed by atoms with E-state index in [4.69, 9.17) is 11.6 Å². The van der Waals surface area contributed by atoms with E-state index in [2.05, 4.69) is 10.2 Å². The van der Waals surface area contributed by atoms with E-state index in [9.17, 15) is 13.2 Å². The summed E-state index contributed by atoms with van der Waals surface area (Å²) in [7, 11) is -3.01. The lowest BCUT2D eigenvalue weighted by atomic mass is 10.0. The van der Waals surface area contributed by atoms with Gasteiger partial charge in [-0.15, -0.1) is 12.4 Å². The summed E-state index contributed by atoms with van der Waals surface area (Å²) in [4.78, 5) is 16.8. The second-order valence-electron chi connectivity index (χ2n) is 6.95. The SMILES string of the molecule is CCN(C(=O)CN1CCNCC1c1ccccc1Cl)C1CCS(=O)(=O)C1.Cl. The number of benzene rings is 1. The minimum atomic E-state index is -3.01. The zero-order valence-corrected chi connectivity index (χ0v) is 17.8. The van der Waals surface area contributed by atoms with Crippen LogP contribution in [0.2, 0.25) is 5.02 Å². The first-order valence-electron chi connectivity index (χ1n) is 9.10. The molecule has 0 radical (unpaired) electrons. The van der Waals surface area contributed by atoms with Gasteiger partial charge in [0.05, 0.1) is 18.1 Å². The Bertz CT molecular complexity index is 760. The fraction of sp³-hybridized carbons (Fsp3) is 0.611. The summed E-state index contributed by atoms with van der Waals surface area (Å²) in [5.74, 6) is 0.257. The molecule has 0 aromatic heterocycles. The monoisotopic (exact) mass is 435 g/mol. The lowest BCUT2D eigenvalue weighted by molar-refractivity contribution is -0.134. The van der Waals surface area contributed by atoms with Crippen molar-refractivity contribution < 1.29 is 13.2 Å². The molecule has 1 N–H and O–H groups in total. The number of carbonyl (C=O) groups is 1. The van der Waals surface area contributed by atoms with Gasteiger partial charge in [-0.25, -0.2) is 8.42 Å². The fourth-order valence-corrected chi connectivity index (χ4v) is 5.90. The van der Waals surface area contributed by atoms with Gasteiger partial charge in [0.15, 0.2) is 9.84 Å². The standard InChI is InChI=1S/C18H26ClN3O3S.ClH/c1-2-22(14-7-10-26(24,25)13-14)18(23)12-21-9-8-20-11-17(21)15-5-3-4-6-16(15)19;/h3-6,14,17,20H,2,7-13H2,1H3;1H. The quantitative estimate of drug-likeness (QED) is 0.762. The molecule has 2 atom stereocenters. The minimum Gasteiger partial charge on any atom is -0.338 e. The lowest BCUT2D eigenvalue weighted by Gasteiger charge is -2.38. The summed E-state index contributed by atoms with van der Waals surface area (Å²) >= 11 is 6.37. The van der Waals surface area contributed by atoms with E-state index in [0.717, 1.165) is 25.2 Å². The molecular weight excluding hydrogens is 409 g/mol. The summed E-state index contributed by atoms with van der Waals surface area (Å²) < 4.78 is 23.6. The van der Waals surface area contributed by atoms with Crippen molar-refractivity contribution in [1.29, 1.82) is 0 Å². The molecule has 2 aliphatic heterocycles. The van der Waals surface area contributed by atoms with Crippen LogP contribution in [-0.2, 0) is 14.6 Å². The highest BCUT2D eigenvalue weighted by molar-refractivity contribution is 7.91. The van der Waals surface area contributed by atoms with Crippen LogP contribution in [0, 0.1) is 0 Å². The van der Waals surface area contributed by atoms with Crippen molar-refractivity contribution in [3.8, 4) is 0 Å². The first-order valence-corrected chi connectivity index (χ1v) is 11.3. The topological polar surface area (TPSA) is 69.7 Å². The van der Waals surface area contributed by atoms with Crippen LogP contribution in [0.25, 0.3) is 0 Å². The van der Waals surface area contributed by atoms with Gasteiger partial charge in [0.25, 0.3) is 0 Å². The molecule has 2 aliphatic rings. The van der Waals surface area contributed by atoms with E-state index in [-0.39, 0.29) is 48.4 Å². The van der Waals surface area contributed by atoms with E-state index in [1.54, 1.807) is 4.90 Å². The summed E-state index contributed by atoms with van der Waals surface area (Å²) in [6.45, 7) is 5.03. The zero-order chi connectivity index (χ0) is 18.7. The van der Waals surface area contributed by atoms with E-state index >= 15 is 0 Å². The van der Waals surface area contributed by atoms with Gasteiger partial charge >= 0.3 is 0 Å². The summed E-state index contributed by atoms with van der Waals surface area (Å²) in [5.41, 5.74) is 1.01. The highest BCUT2D eigenvalue weighted by atomic mass is 35.5. The van der Waals surface area contributed by atoms with Crippen LogP contribution < -0.4 is 5.32 Å². The Kier molecular flexibility index (Phi) is 7.94. The molecule has 6 nitrogen and oxygen atoms in total. The molecule has 27 heavy (non-hydrogen) atoms. The molecule has 1 aromatic carbocycles. The Labute approximate surface area is 172 Å². The normalized spacial score (nSPS) is 25.0. The minimum absolute atomic E-state index is 0. The molecule has 2 saturated heterocycles. The Morgan fingerprint density at radius 3 is 2.74 bits per heavy atom. The molecule has 0 spiro atoms. The average Bonchev–Trinajstić information content (AvgIpc) is 2.96. The molecule has 0 aliphatic carbocycles. The maximum atomic E-state index is 12.9. The number of rotatable bonds is 5. The number of likely N-dealkylation sites (N-methyl/N-ethyl adjacent to an activating group) is 1. The molecule has 0 saturated carbocycles. The largest absolute Gasteiger partial charge is 0.338 e. The Hall–Kier alpha value is -0.860. The van der Waals surface area contributed by atoms with Crippen LogP contribution in [-0.4, -0.2) is 74.4 Å². The van der Waals surface area contributed by atoms with E-state index in [1.165, 1.54) is 0 Å². The third-order valence-electron chi connectivity index (χ3n) is 5.27. The molecule has 1 amide bonds. The van der Waals surface area contributed by atoms with Gasteiger partial charge in [0, 0.05) is 43.3 Å². The van der Waals surface area contributed by atoms with Gasteiger partial charge in [-0.2, -0.15) is 0 Å². The highest BCUT2D eigenvalue weighted by Crippen LogP contribution is 2.28. The number of nitrogens with zero attached hydrogens (tertiary/aromatic N) is 2. The van der Waals surface area contributed by atoms with Crippen molar-refractivity contribution in [1.82, 2.24) is 15.1 Å². The maximum Gasteiger partial charge on any atom is 0.237 e. The van der Waals surface area contributed by atoms with Crippen LogP contribution in [0.4, 0.5) is 0 Å². The van der Waals surface area contributed by atoms with Crippen molar-refractivity contribution >= 4 is 39.8 Å². The molecular formula is C18H27Cl2N3O3S. The summed E-state index contributed by atoms with van der Waals surface area (Å²) in [6, 6.07) is 7.56. The molecule has 152 valence electrons. The fourth-order valence-electron chi connectivity index (χ4n) is 3.91. The van der Waals surface area contributed by atoms with Crippen molar-refractivity contribution in [2.45, 2.75) is 25.4 Å². The number of amides is 1. The Morgan fingerprint density at radius 1 is 1.37 bits per heavy atom. The molecule has 9 heteroatoms. The Balaban J connectivity index is 0.00000261. The van der Waals surface area contributed by atoms with Crippen molar-refractivity contribution in [3.05, 3.63) is 34.9 Å². The van der Waals surface area contributed by atoms with Gasteiger partial charge in [0.1, 0.15) is 0 Å². The summed E-state index contributed by atoms with van der Waals surface area (Å²) in [5, 5.41) is 4.07. The highest BCUT2D eigenvalue weighted by Gasteiger charge is 2.35. The van der Waals surface area contributed by atoms with Crippen LogP contribution in [0.15, 0.2) is 24.3 Å². The van der Waals surface area contributed by atoms with Crippen molar-refractivity contribution in [3.63, 3.8) is 0 Å². The van der Waals surface area contributed by atoms with Gasteiger partial charge < -0.3 is 10.2 Å². The number of sulfone groups is 1. The predicted molar refractivity (Wildman–Crippen MR) is 110 cm³/mol. The number of hydrogen-bond donors (Lipinski definition) is 1. The number of piperazine rings is 1. The van der Waals surface area contributed by atoms with Crippen LogP contribution in [0.3, 0.4) is 0 Å². The number of halogens is 2. The molecule has 2 heterocycles. The van der Waals surface area contributed by atoms with Crippen molar-refractivity contribution in [2.24, 2.45) is 0 Å². The van der Waals surface area contributed by atoms with Crippen molar-refractivity contribution in [2.75, 3.05) is 44.2 Å². The molecule has 1 aromatic rings. The molecule has 3 rings (SSSR count). The first-order chi connectivity index (χ1) is 12.4. The Morgan fingerprint density at radius 2 is 2.11 bits per heavy atom. The number of carbonyl (C=O) groups excluding carboxylic acids is 1. The zero-order valence-electron chi connectivity index (χ0n) is 15.4. The van der Waals surface area contributed by atoms with Crippen LogP contribution in [0.1, 0.15) is 24.9 Å². The average molecular weight is 436 g/mol. The van der Waals surface area contributed by atoms with Gasteiger partial charge in [-0.3, -0.25) is 9.69 Å². The molecule has 2 unspecified atom stereocenters. The molecule has 0 bridgehead atoms. The van der Waals surface area contributed by atoms with Gasteiger partial charge in [0.2, 0.25) is 5.91 Å². The second-order valence-corrected chi connectivity index (χ2v) is 9.58. The first kappa shape index (κ1) is 22.4. The predicted octanol–water partition coefficient (Wildman–Crippen LogP) is 1.74. The smallest absolute Gasteiger partial charge is 0.237 e. The van der Waals surface area contributed by atoms with E-state index < -0.39 is 9.84 Å². The summed E-state index contributed by atoms with van der Waals surface area (Å²) in [6.07, 6.45) is 0.539. The van der Waals surface area contributed by atoms with E-state index in [1.807, 2.05) is 31.2 Å². The third kappa shape index (κ3) is 5.35. The maximum absolute atomic E-state index is 12.9. The molecule has 2 fully saturated rings. The van der Waals surface area contributed by atoms with E-state index in [0.29, 0.717) is 18.0 Å². The van der Waals surface area contributed by atoms with Crippen LogP contribution in [0.5, 0.6) is 0 Å². The second kappa shape index (κ2) is 9.56. The third-order valence-corrected chi connectivity index (χ3v) is 7.36. The number of hydrogen-bond acceptors (Lipinski definition) is 5. The van der Waals surface area contributed by atoms with Gasteiger partial charge in [-0.1, -0.05) is 29.8 Å². The lowest BCUT2D eigenvalue weighted by Crippen LogP contribution is -2.52.